The normalized spacial score (nSPS) is 10.9. The molecule has 0 aliphatic heterocycles. The van der Waals surface area contributed by atoms with Crippen molar-refractivity contribution in [2.24, 2.45) is 0 Å². The van der Waals surface area contributed by atoms with Crippen molar-refractivity contribution in [3.63, 3.8) is 0 Å². The number of carbonyl (C=O) groups is 1. The first kappa shape index (κ1) is 14.8. The van der Waals surface area contributed by atoms with E-state index in [9.17, 15) is 4.79 Å². The molecule has 0 N–H and O–H groups in total. The van der Waals surface area contributed by atoms with Crippen molar-refractivity contribution in [1.29, 1.82) is 0 Å². The zero-order chi connectivity index (χ0) is 16.5. The lowest BCUT2D eigenvalue weighted by Crippen LogP contribution is -1.90. The average molecular weight is 377 g/mol. The van der Waals surface area contributed by atoms with E-state index in [0.29, 0.717) is 5.56 Å². The lowest BCUT2D eigenvalue weighted by Gasteiger charge is -2.04. The van der Waals surface area contributed by atoms with Gasteiger partial charge >= 0.3 is 0 Å². The van der Waals surface area contributed by atoms with Crippen molar-refractivity contribution in [2.75, 3.05) is 0 Å². The average Bonchev–Trinajstić information content (AvgIpc) is 2.97. The predicted molar refractivity (Wildman–Crippen MR) is 99.2 cm³/mol. The molecule has 3 heterocycles. The summed E-state index contributed by atoms with van der Waals surface area (Å²) in [5.41, 5.74) is 5.52. The number of rotatable bonds is 3. The van der Waals surface area contributed by atoms with Crippen molar-refractivity contribution in [2.45, 2.75) is 0 Å². The molecule has 0 spiro atoms. The minimum absolute atomic E-state index is 0.690. The Morgan fingerprint density at radius 2 is 1.67 bits per heavy atom. The topological polar surface area (TPSA) is 34.4 Å². The molecule has 0 aliphatic carbocycles. The Kier molecular flexibility index (Phi) is 3.75. The fourth-order valence-corrected chi connectivity index (χ4v) is 3.33. The molecule has 1 aromatic carbocycles. The molecule has 0 radical (unpaired) electrons. The first-order valence-corrected chi connectivity index (χ1v) is 8.33. The second kappa shape index (κ2) is 6.06. The standard InChI is InChI=1S/C20H13BrN2O/c21-16-6-4-15(5-7-16)20-17(13-24)19(14-8-10-22-11-9-14)18-3-1-2-12-23(18)20/h1-13H. The second-order valence-corrected chi connectivity index (χ2v) is 6.37. The summed E-state index contributed by atoms with van der Waals surface area (Å²) in [6.07, 6.45) is 6.43. The third kappa shape index (κ3) is 2.36. The minimum atomic E-state index is 0.690. The van der Waals surface area contributed by atoms with E-state index >= 15 is 0 Å². The number of benzene rings is 1. The molecular formula is C20H13BrN2O. The van der Waals surface area contributed by atoms with Gasteiger partial charge in [-0.1, -0.05) is 34.1 Å². The fraction of sp³-hybridized carbons (Fsp3) is 0. The second-order valence-electron chi connectivity index (χ2n) is 5.45. The van der Waals surface area contributed by atoms with Crippen molar-refractivity contribution in [1.82, 2.24) is 9.38 Å². The van der Waals surface area contributed by atoms with Crippen LogP contribution in [-0.4, -0.2) is 15.7 Å². The zero-order valence-electron chi connectivity index (χ0n) is 12.7. The van der Waals surface area contributed by atoms with Crippen molar-refractivity contribution in [3.8, 4) is 22.4 Å². The Balaban J connectivity index is 2.11. The van der Waals surface area contributed by atoms with Crippen LogP contribution >= 0.6 is 15.9 Å². The number of hydrogen-bond donors (Lipinski definition) is 0. The molecule has 3 aromatic heterocycles. The number of hydrogen-bond acceptors (Lipinski definition) is 2. The van der Waals surface area contributed by atoms with Gasteiger partial charge in [0.1, 0.15) is 0 Å². The molecular weight excluding hydrogens is 364 g/mol. The van der Waals surface area contributed by atoms with Crippen LogP contribution in [0.25, 0.3) is 27.9 Å². The van der Waals surface area contributed by atoms with Gasteiger partial charge in [0.05, 0.1) is 11.2 Å². The Hall–Kier alpha value is -2.72. The summed E-state index contributed by atoms with van der Waals surface area (Å²) in [4.78, 5) is 16.1. The fourth-order valence-electron chi connectivity index (χ4n) is 3.07. The predicted octanol–water partition coefficient (Wildman–Crippen LogP) is 5.24. The van der Waals surface area contributed by atoms with Crippen molar-refractivity contribution in [3.05, 3.63) is 83.2 Å². The van der Waals surface area contributed by atoms with Gasteiger partial charge in [-0.2, -0.15) is 0 Å². The Morgan fingerprint density at radius 1 is 0.917 bits per heavy atom. The lowest BCUT2D eigenvalue weighted by atomic mass is 10.0. The molecule has 3 nitrogen and oxygen atoms in total. The Morgan fingerprint density at radius 3 is 2.38 bits per heavy atom. The van der Waals surface area contributed by atoms with Gasteiger partial charge in [0.25, 0.3) is 0 Å². The maximum Gasteiger partial charge on any atom is 0.152 e. The van der Waals surface area contributed by atoms with Crippen LogP contribution in [0.15, 0.2) is 77.7 Å². The van der Waals surface area contributed by atoms with Crippen LogP contribution in [0, 0.1) is 0 Å². The van der Waals surface area contributed by atoms with Gasteiger partial charge < -0.3 is 4.40 Å². The van der Waals surface area contributed by atoms with Crippen LogP contribution in [0.1, 0.15) is 10.4 Å². The molecule has 0 atom stereocenters. The maximum absolute atomic E-state index is 12.0. The minimum Gasteiger partial charge on any atom is -0.315 e. The maximum atomic E-state index is 12.0. The summed E-state index contributed by atoms with van der Waals surface area (Å²) in [6.45, 7) is 0. The zero-order valence-corrected chi connectivity index (χ0v) is 14.3. The van der Waals surface area contributed by atoms with Gasteiger partial charge in [-0.05, 0) is 47.5 Å². The third-order valence-electron chi connectivity index (χ3n) is 4.09. The van der Waals surface area contributed by atoms with E-state index in [1.807, 2.05) is 60.8 Å². The van der Waals surface area contributed by atoms with E-state index < -0.39 is 0 Å². The molecule has 0 bridgehead atoms. The molecule has 116 valence electrons. The summed E-state index contributed by atoms with van der Waals surface area (Å²) in [7, 11) is 0. The van der Waals surface area contributed by atoms with Gasteiger partial charge in [-0.3, -0.25) is 9.78 Å². The van der Waals surface area contributed by atoms with Crippen molar-refractivity contribution < 1.29 is 4.79 Å². The number of halogens is 1. The van der Waals surface area contributed by atoms with Gasteiger partial charge in [-0.25, -0.2) is 0 Å². The van der Waals surface area contributed by atoms with Gasteiger partial charge in [0.15, 0.2) is 6.29 Å². The van der Waals surface area contributed by atoms with Crippen LogP contribution in [0.3, 0.4) is 0 Å². The molecule has 0 fully saturated rings. The lowest BCUT2D eigenvalue weighted by molar-refractivity contribution is 0.112. The quantitative estimate of drug-likeness (QED) is 0.458. The van der Waals surface area contributed by atoms with Gasteiger partial charge in [0, 0.05) is 34.2 Å². The van der Waals surface area contributed by atoms with Crippen LogP contribution < -0.4 is 0 Å². The molecule has 0 unspecified atom stereocenters. The summed E-state index contributed by atoms with van der Waals surface area (Å²) in [6, 6.07) is 17.9. The third-order valence-corrected chi connectivity index (χ3v) is 4.61. The Bertz CT molecular complexity index is 1020. The molecule has 0 amide bonds. The van der Waals surface area contributed by atoms with Crippen LogP contribution in [0.5, 0.6) is 0 Å². The summed E-state index contributed by atoms with van der Waals surface area (Å²) >= 11 is 3.46. The van der Waals surface area contributed by atoms with Crippen LogP contribution in [-0.2, 0) is 0 Å². The first-order chi connectivity index (χ1) is 11.8. The van der Waals surface area contributed by atoms with Gasteiger partial charge in [0.2, 0.25) is 0 Å². The SMILES string of the molecule is O=Cc1c(-c2ccncc2)c2ccccn2c1-c1ccc(Br)cc1. The highest BCUT2D eigenvalue weighted by molar-refractivity contribution is 9.10. The number of nitrogens with zero attached hydrogens (tertiary/aromatic N) is 2. The van der Waals surface area contributed by atoms with E-state index in [-0.39, 0.29) is 0 Å². The number of fused-ring (bicyclic) bond motifs is 1. The number of aldehydes is 1. The molecule has 0 aliphatic rings. The largest absolute Gasteiger partial charge is 0.315 e. The smallest absolute Gasteiger partial charge is 0.152 e. The van der Waals surface area contributed by atoms with E-state index in [1.165, 1.54) is 0 Å². The molecule has 24 heavy (non-hydrogen) atoms. The van der Waals surface area contributed by atoms with E-state index in [0.717, 1.165) is 38.7 Å². The van der Waals surface area contributed by atoms with Gasteiger partial charge in [-0.15, -0.1) is 0 Å². The Labute approximate surface area is 147 Å². The number of pyridine rings is 2. The van der Waals surface area contributed by atoms with E-state index in [1.54, 1.807) is 12.4 Å². The highest BCUT2D eigenvalue weighted by atomic mass is 79.9. The van der Waals surface area contributed by atoms with Crippen molar-refractivity contribution >= 4 is 27.7 Å². The van der Waals surface area contributed by atoms with Crippen LogP contribution in [0.4, 0.5) is 0 Å². The van der Waals surface area contributed by atoms with E-state index in [2.05, 4.69) is 25.3 Å². The highest BCUT2D eigenvalue weighted by Gasteiger charge is 2.19. The van der Waals surface area contributed by atoms with E-state index in [4.69, 9.17) is 0 Å². The summed E-state index contributed by atoms with van der Waals surface area (Å²) < 4.78 is 3.08. The summed E-state index contributed by atoms with van der Waals surface area (Å²) in [5.74, 6) is 0. The number of carbonyl (C=O) groups excluding carboxylic acids is 1. The molecule has 4 aromatic rings. The first-order valence-electron chi connectivity index (χ1n) is 7.54. The molecule has 0 saturated heterocycles. The molecule has 4 rings (SSSR count). The summed E-state index contributed by atoms with van der Waals surface area (Å²) in [5, 5.41) is 0. The molecule has 0 saturated carbocycles. The number of aromatic nitrogens is 2. The van der Waals surface area contributed by atoms with Crippen LogP contribution in [0.2, 0.25) is 0 Å². The monoisotopic (exact) mass is 376 g/mol. The highest BCUT2D eigenvalue weighted by Crippen LogP contribution is 2.37. The molecule has 4 heteroatoms.